The summed E-state index contributed by atoms with van der Waals surface area (Å²) in [6.45, 7) is 14.2. The van der Waals surface area contributed by atoms with Crippen LogP contribution in [0.3, 0.4) is 0 Å². The molecular weight excluding hydrogens is 1250 g/mol. The van der Waals surface area contributed by atoms with Gasteiger partial charge in [0.25, 0.3) is 0 Å². The number of rotatable bonds is 73. The van der Waals surface area contributed by atoms with Crippen molar-refractivity contribution in [3.05, 3.63) is 0 Å². The number of phosphoric ester groups is 2. The Morgan fingerprint density at radius 1 is 0.295 bits per heavy atom. The van der Waals surface area contributed by atoms with Gasteiger partial charge in [0.05, 0.1) is 26.4 Å². The van der Waals surface area contributed by atoms with Crippen LogP contribution in [-0.4, -0.2) is 96.7 Å². The van der Waals surface area contributed by atoms with Crippen LogP contribution in [0, 0.1) is 23.7 Å². The van der Waals surface area contributed by atoms with Crippen molar-refractivity contribution in [1.29, 1.82) is 0 Å². The van der Waals surface area contributed by atoms with E-state index in [0.717, 1.165) is 120 Å². The number of esters is 4. The second-order valence-electron chi connectivity index (χ2n) is 28.6. The molecule has 0 aromatic rings. The van der Waals surface area contributed by atoms with E-state index < -0.39 is 97.5 Å². The van der Waals surface area contributed by atoms with E-state index in [1.165, 1.54) is 180 Å². The summed E-state index contributed by atoms with van der Waals surface area (Å²) in [5, 5.41) is 10.6. The molecule has 0 radical (unpaired) electrons. The molecule has 0 aromatic heterocycles. The van der Waals surface area contributed by atoms with Gasteiger partial charge in [0.2, 0.25) is 0 Å². The number of aliphatic hydroxyl groups is 1. The molecule has 0 aliphatic heterocycles. The summed E-state index contributed by atoms with van der Waals surface area (Å²) >= 11 is 0. The van der Waals surface area contributed by atoms with Crippen LogP contribution in [-0.2, 0) is 65.4 Å². The Hall–Kier alpha value is -1.94. The molecule has 5 unspecified atom stereocenters. The van der Waals surface area contributed by atoms with Crippen molar-refractivity contribution >= 4 is 39.5 Å². The molecule has 0 saturated carbocycles. The van der Waals surface area contributed by atoms with Gasteiger partial charge in [-0.05, 0) is 49.4 Å². The van der Waals surface area contributed by atoms with Crippen molar-refractivity contribution in [2.45, 2.75) is 401 Å². The highest BCUT2D eigenvalue weighted by atomic mass is 31.2. The van der Waals surface area contributed by atoms with E-state index >= 15 is 0 Å². The predicted molar refractivity (Wildman–Crippen MR) is 386 cm³/mol. The lowest BCUT2D eigenvalue weighted by molar-refractivity contribution is -0.161. The molecule has 564 valence electrons. The van der Waals surface area contributed by atoms with Crippen molar-refractivity contribution in [2.24, 2.45) is 23.7 Å². The molecule has 0 saturated heterocycles. The van der Waals surface area contributed by atoms with Crippen LogP contribution < -0.4 is 0 Å². The molecule has 0 aliphatic rings. The molecule has 0 bridgehead atoms. The number of unbranched alkanes of at least 4 members (excludes halogenated alkanes) is 36. The van der Waals surface area contributed by atoms with Gasteiger partial charge in [-0.15, -0.1) is 0 Å². The highest BCUT2D eigenvalue weighted by Crippen LogP contribution is 2.45. The molecule has 0 heterocycles. The smallest absolute Gasteiger partial charge is 0.462 e. The molecule has 95 heavy (non-hydrogen) atoms. The molecule has 0 rings (SSSR count). The third kappa shape index (κ3) is 66.4. The summed E-state index contributed by atoms with van der Waals surface area (Å²) < 4.78 is 68.5. The summed E-state index contributed by atoms with van der Waals surface area (Å²) in [5.74, 6) is 1.02. The summed E-state index contributed by atoms with van der Waals surface area (Å²) in [6.07, 6.45) is 49.8. The fourth-order valence-corrected chi connectivity index (χ4v) is 13.0. The molecule has 0 spiro atoms. The van der Waals surface area contributed by atoms with Crippen LogP contribution in [0.25, 0.3) is 0 Å². The number of hydrogen-bond donors (Lipinski definition) is 3. The summed E-state index contributed by atoms with van der Waals surface area (Å²) in [6, 6.07) is 0. The fraction of sp³-hybridized carbons (Fsp3) is 0.947. The molecule has 8 atom stereocenters. The van der Waals surface area contributed by atoms with Gasteiger partial charge in [-0.25, -0.2) is 9.13 Å². The monoisotopic (exact) mass is 1400 g/mol. The third-order valence-electron chi connectivity index (χ3n) is 18.7. The molecule has 0 fully saturated rings. The maximum atomic E-state index is 13.1. The maximum absolute atomic E-state index is 13.1. The van der Waals surface area contributed by atoms with E-state index in [2.05, 4.69) is 55.4 Å². The second-order valence-corrected chi connectivity index (χ2v) is 31.5. The Morgan fingerprint density at radius 2 is 0.505 bits per heavy atom. The molecule has 0 aromatic carbocycles. The first-order chi connectivity index (χ1) is 45.7. The largest absolute Gasteiger partial charge is 0.472 e. The van der Waals surface area contributed by atoms with E-state index in [4.69, 9.17) is 37.0 Å². The Bertz CT molecular complexity index is 1870. The van der Waals surface area contributed by atoms with Crippen molar-refractivity contribution in [1.82, 2.24) is 0 Å². The second kappa shape index (κ2) is 65.4. The summed E-state index contributed by atoms with van der Waals surface area (Å²) in [7, 11) is -9.91. The van der Waals surface area contributed by atoms with E-state index in [-0.39, 0.29) is 25.7 Å². The van der Waals surface area contributed by atoms with E-state index in [9.17, 15) is 43.2 Å². The standard InChI is InChI=1S/C76H148O17P2/c1-9-67(6)53-45-37-29-23-18-20-25-31-40-48-56-73(78)86-62-71(92-75(80)58-50-42-32-26-17-15-13-12-14-16-22-28-36-44-52-66(4)5)64-90-94(82,83)88-60-70(77)61-89-95(84,85)91-65-72(63-87-74(79)57-49-41-35-34-39-47-55-69(8)11-3)93-76(81)59-51-43-33-27-21-19-24-30-38-46-54-68(7)10-2/h66-72,77H,9-65H2,1-8H3,(H,82,83)(H,84,85)/t67?,68?,69?,70-,71-,72-/m1/s1. The lowest BCUT2D eigenvalue weighted by Crippen LogP contribution is -2.30. The Morgan fingerprint density at radius 3 is 0.747 bits per heavy atom. The van der Waals surface area contributed by atoms with Gasteiger partial charge in [-0.3, -0.25) is 37.3 Å². The highest BCUT2D eigenvalue weighted by molar-refractivity contribution is 7.47. The Kier molecular flexibility index (Phi) is 64.0. The quantitative estimate of drug-likeness (QED) is 0.0222. The number of ether oxygens (including phenoxy) is 4. The van der Waals surface area contributed by atoms with Gasteiger partial charge in [0, 0.05) is 25.7 Å². The highest BCUT2D eigenvalue weighted by Gasteiger charge is 2.30. The van der Waals surface area contributed by atoms with Crippen LogP contribution in [0.15, 0.2) is 0 Å². The molecule has 0 aliphatic carbocycles. The summed E-state index contributed by atoms with van der Waals surface area (Å²) in [4.78, 5) is 72.8. The van der Waals surface area contributed by atoms with Crippen molar-refractivity contribution in [2.75, 3.05) is 39.6 Å². The van der Waals surface area contributed by atoms with Crippen molar-refractivity contribution in [3.63, 3.8) is 0 Å². The van der Waals surface area contributed by atoms with Crippen LogP contribution >= 0.6 is 15.6 Å². The van der Waals surface area contributed by atoms with Gasteiger partial charge in [-0.1, -0.05) is 331 Å². The van der Waals surface area contributed by atoms with Gasteiger partial charge in [0.1, 0.15) is 19.3 Å². The Labute approximate surface area is 581 Å². The predicted octanol–water partition coefficient (Wildman–Crippen LogP) is 22.0. The van der Waals surface area contributed by atoms with Gasteiger partial charge < -0.3 is 33.8 Å². The third-order valence-corrected chi connectivity index (χ3v) is 20.6. The average molecular weight is 1400 g/mol. The average Bonchev–Trinajstić information content (AvgIpc) is 3.43. The van der Waals surface area contributed by atoms with Crippen LogP contribution in [0.4, 0.5) is 0 Å². The minimum atomic E-state index is -4.96. The van der Waals surface area contributed by atoms with Gasteiger partial charge >= 0.3 is 39.5 Å². The molecular formula is C76H148O17P2. The van der Waals surface area contributed by atoms with Crippen molar-refractivity contribution in [3.8, 4) is 0 Å². The number of carbonyl (C=O) groups is 4. The zero-order valence-corrected chi connectivity index (χ0v) is 64.1. The van der Waals surface area contributed by atoms with Crippen LogP contribution in [0.2, 0.25) is 0 Å². The molecule has 19 heteroatoms. The summed E-state index contributed by atoms with van der Waals surface area (Å²) in [5.41, 5.74) is 0. The van der Waals surface area contributed by atoms with Gasteiger partial charge in [-0.2, -0.15) is 0 Å². The molecule has 0 amide bonds. The van der Waals surface area contributed by atoms with E-state index in [1.807, 2.05) is 0 Å². The Balaban J connectivity index is 5.27. The SMILES string of the molecule is CCC(C)CCCCCCCCCCCCC(=O)OC[C@H](COP(=O)(O)OC[C@@H](O)COP(=O)(O)OC[C@@H](COC(=O)CCCCCCCCC(C)CC)OC(=O)CCCCCCCCCCCCC(C)CC)OC(=O)CCCCCCCCCCCCCCCCC(C)C. The number of carbonyl (C=O) groups excluding carboxylic acids is 4. The van der Waals surface area contributed by atoms with Gasteiger partial charge in [0.15, 0.2) is 12.2 Å². The number of aliphatic hydroxyl groups excluding tert-OH is 1. The zero-order valence-electron chi connectivity index (χ0n) is 62.3. The number of phosphoric acid groups is 2. The van der Waals surface area contributed by atoms with E-state index in [1.54, 1.807) is 0 Å². The van der Waals surface area contributed by atoms with Crippen molar-refractivity contribution < 1.29 is 80.2 Å². The van der Waals surface area contributed by atoms with Crippen LogP contribution in [0.5, 0.6) is 0 Å². The maximum Gasteiger partial charge on any atom is 0.472 e. The first kappa shape index (κ1) is 93.1. The first-order valence-electron chi connectivity index (χ1n) is 39.3. The van der Waals surface area contributed by atoms with E-state index in [0.29, 0.717) is 25.7 Å². The normalized spacial score (nSPS) is 15.0. The minimum absolute atomic E-state index is 0.105. The molecule has 17 nitrogen and oxygen atoms in total. The topological polar surface area (TPSA) is 237 Å². The first-order valence-corrected chi connectivity index (χ1v) is 42.3. The number of hydrogen-bond acceptors (Lipinski definition) is 15. The zero-order chi connectivity index (χ0) is 70.3. The van der Waals surface area contributed by atoms with Crippen LogP contribution in [0.1, 0.15) is 383 Å². The lowest BCUT2D eigenvalue weighted by Gasteiger charge is -2.21. The minimum Gasteiger partial charge on any atom is -0.462 e. The molecule has 3 N–H and O–H groups in total. The fourth-order valence-electron chi connectivity index (χ4n) is 11.5. The lowest BCUT2D eigenvalue weighted by atomic mass is 9.99.